The maximum atomic E-state index is 14.4. The highest BCUT2D eigenvalue weighted by atomic mass is 19.1. The van der Waals surface area contributed by atoms with E-state index in [1.807, 2.05) is 36.9 Å². The van der Waals surface area contributed by atoms with Crippen LogP contribution in [0, 0.1) is 5.82 Å². The van der Waals surface area contributed by atoms with Crippen molar-refractivity contribution in [2.45, 2.75) is 26.3 Å². The number of nitrogens with zero attached hydrogens (tertiary/aromatic N) is 3. The first-order chi connectivity index (χ1) is 15.9. The first kappa shape index (κ1) is 22.7. The average molecular weight is 449 g/mol. The summed E-state index contributed by atoms with van der Waals surface area (Å²) in [4.78, 5) is 21.4. The SMILES string of the molecule is CC(C)c1cnc(N2CCN(Cc3ccccc3)CC2)c(C(=O)O)c1Nc1ccccc1F. The molecule has 3 aromatic rings. The van der Waals surface area contributed by atoms with Crippen LogP contribution in [0.3, 0.4) is 0 Å². The predicted molar refractivity (Wildman–Crippen MR) is 129 cm³/mol. The molecule has 0 bridgehead atoms. The highest BCUT2D eigenvalue weighted by Gasteiger charge is 2.28. The molecule has 0 radical (unpaired) electrons. The molecule has 6 nitrogen and oxygen atoms in total. The fourth-order valence-electron chi connectivity index (χ4n) is 4.19. The molecule has 2 heterocycles. The van der Waals surface area contributed by atoms with Crippen molar-refractivity contribution >= 4 is 23.2 Å². The van der Waals surface area contributed by atoms with Gasteiger partial charge in [-0.25, -0.2) is 14.2 Å². The minimum atomic E-state index is -1.08. The molecule has 0 spiro atoms. The number of hydrogen-bond donors (Lipinski definition) is 2. The van der Waals surface area contributed by atoms with Crippen molar-refractivity contribution in [3.8, 4) is 0 Å². The van der Waals surface area contributed by atoms with Crippen molar-refractivity contribution < 1.29 is 14.3 Å². The van der Waals surface area contributed by atoms with Crippen molar-refractivity contribution in [3.05, 3.63) is 83.3 Å². The molecule has 1 aromatic heterocycles. The number of carboxylic acids is 1. The van der Waals surface area contributed by atoms with Crippen molar-refractivity contribution in [1.29, 1.82) is 0 Å². The highest BCUT2D eigenvalue weighted by molar-refractivity contribution is 6.01. The number of aromatic nitrogens is 1. The third kappa shape index (κ3) is 5.14. The number of carboxylic acid groups (broad SMARTS) is 1. The molecule has 0 amide bonds. The van der Waals surface area contributed by atoms with Gasteiger partial charge in [-0.2, -0.15) is 0 Å². The Hall–Kier alpha value is -3.45. The number of nitrogens with one attached hydrogen (secondary N) is 1. The molecule has 0 atom stereocenters. The number of benzene rings is 2. The Balaban J connectivity index is 1.62. The van der Waals surface area contributed by atoms with E-state index in [0.717, 1.165) is 25.2 Å². The molecule has 1 saturated heterocycles. The van der Waals surface area contributed by atoms with Gasteiger partial charge in [0.15, 0.2) is 0 Å². The molecule has 0 unspecified atom stereocenters. The molecule has 2 aromatic carbocycles. The molecule has 1 fully saturated rings. The Morgan fingerprint density at radius 1 is 1.06 bits per heavy atom. The quantitative estimate of drug-likeness (QED) is 0.524. The predicted octanol–water partition coefficient (Wildman–Crippen LogP) is 5.11. The number of rotatable bonds is 7. The summed E-state index contributed by atoms with van der Waals surface area (Å²) in [5.41, 5.74) is 2.72. The molecule has 2 N–H and O–H groups in total. The third-order valence-electron chi connectivity index (χ3n) is 5.98. The van der Waals surface area contributed by atoms with E-state index in [0.29, 0.717) is 24.6 Å². The largest absolute Gasteiger partial charge is 0.477 e. The number of aromatic carboxylic acids is 1. The van der Waals surface area contributed by atoms with Gasteiger partial charge in [0.1, 0.15) is 17.2 Å². The number of hydrogen-bond acceptors (Lipinski definition) is 5. The summed E-state index contributed by atoms with van der Waals surface area (Å²) in [5.74, 6) is -1.08. The highest BCUT2D eigenvalue weighted by Crippen LogP contribution is 2.36. The van der Waals surface area contributed by atoms with Crippen LogP contribution in [0.5, 0.6) is 0 Å². The standard InChI is InChI=1S/C26H29FN4O2/c1-18(2)20-16-28-25(23(26(32)33)24(20)29-22-11-7-6-10-21(22)27)31-14-12-30(13-15-31)17-19-8-4-3-5-9-19/h3-11,16,18H,12-15,17H2,1-2H3,(H,28,29)(H,32,33). The van der Waals surface area contributed by atoms with Crippen LogP contribution in [-0.2, 0) is 6.54 Å². The van der Waals surface area contributed by atoms with Crippen LogP contribution in [-0.4, -0.2) is 47.1 Å². The Labute approximate surface area is 193 Å². The van der Waals surface area contributed by atoms with E-state index in [1.54, 1.807) is 24.4 Å². The molecule has 0 aliphatic carbocycles. The first-order valence-electron chi connectivity index (χ1n) is 11.2. The van der Waals surface area contributed by atoms with Crippen LogP contribution in [0.15, 0.2) is 60.8 Å². The lowest BCUT2D eigenvalue weighted by molar-refractivity contribution is 0.0698. The van der Waals surface area contributed by atoms with Crippen LogP contribution >= 0.6 is 0 Å². The molecule has 4 rings (SSSR count). The van der Waals surface area contributed by atoms with Gasteiger partial charge in [-0.15, -0.1) is 0 Å². The lowest BCUT2D eigenvalue weighted by Crippen LogP contribution is -2.46. The van der Waals surface area contributed by atoms with Gasteiger partial charge in [0, 0.05) is 38.9 Å². The summed E-state index contributed by atoms with van der Waals surface area (Å²) >= 11 is 0. The molecule has 172 valence electrons. The van der Waals surface area contributed by atoms with Gasteiger partial charge in [0.25, 0.3) is 0 Å². The normalized spacial score (nSPS) is 14.5. The Bertz CT molecular complexity index is 1110. The molecule has 1 aliphatic heterocycles. The number of para-hydroxylation sites is 1. The van der Waals surface area contributed by atoms with Crippen LogP contribution in [0.25, 0.3) is 0 Å². The van der Waals surface area contributed by atoms with Crippen molar-refractivity contribution in [3.63, 3.8) is 0 Å². The van der Waals surface area contributed by atoms with Crippen molar-refractivity contribution in [2.75, 3.05) is 36.4 Å². The van der Waals surface area contributed by atoms with Gasteiger partial charge < -0.3 is 15.3 Å². The maximum absolute atomic E-state index is 14.4. The number of carbonyl (C=O) groups is 1. The Morgan fingerprint density at radius 2 is 1.73 bits per heavy atom. The van der Waals surface area contributed by atoms with Gasteiger partial charge in [-0.1, -0.05) is 56.3 Å². The van der Waals surface area contributed by atoms with E-state index in [1.165, 1.54) is 11.6 Å². The zero-order chi connectivity index (χ0) is 23.4. The smallest absolute Gasteiger partial charge is 0.341 e. The fraction of sp³-hybridized carbons (Fsp3) is 0.308. The summed E-state index contributed by atoms with van der Waals surface area (Å²) in [7, 11) is 0. The van der Waals surface area contributed by atoms with E-state index in [-0.39, 0.29) is 17.2 Å². The van der Waals surface area contributed by atoms with Crippen LogP contribution in [0.4, 0.5) is 21.6 Å². The molecule has 0 saturated carbocycles. The van der Waals surface area contributed by atoms with Crippen LogP contribution in [0.1, 0.15) is 41.3 Å². The van der Waals surface area contributed by atoms with E-state index in [4.69, 9.17) is 0 Å². The summed E-state index contributed by atoms with van der Waals surface area (Å²) in [6, 6.07) is 16.6. The Kier molecular flexibility index (Phi) is 6.89. The van der Waals surface area contributed by atoms with Gasteiger partial charge >= 0.3 is 5.97 Å². The monoisotopic (exact) mass is 448 g/mol. The second-order valence-electron chi connectivity index (χ2n) is 8.60. The zero-order valence-corrected chi connectivity index (χ0v) is 19.0. The van der Waals surface area contributed by atoms with Gasteiger partial charge in [-0.3, -0.25) is 4.90 Å². The van der Waals surface area contributed by atoms with Crippen LogP contribution in [0.2, 0.25) is 0 Å². The van der Waals surface area contributed by atoms with Gasteiger partial charge in [-0.05, 0) is 29.2 Å². The number of anilines is 3. The third-order valence-corrected chi connectivity index (χ3v) is 5.98. The first-order valence-corrected chi connectivity index (χ1v) is 11.2. The van der Waals surface area contributed by atoms with Crippen LogP contribution < -0.4 is 10.2 Å². The number of piperazine rings is 1. The summed E-state index contributed by atoms with van der Waals surface area (Å²) in [6.07, 6.45) is 1.71. The second-order valence-corrected chi connectivity index (χ2v) is 8.60. The van der Waals surface area contributed by atoms with E-state index in [2.05, 4.69) is 27.3 Å². The summed E-state index contributed by atoms with van der Waals surface area (Å²) in [5, 5.41) is 13.2. The lowest BCUT2D eigenvalue weighted by Gasteiger charge is -2.36. The summed E-state index contributed by atoms with van der Waals surface area (Å²) < 4.78 is 14.4. The molecule has 1 aliphatic rings. The topological polar surface area (TPSA) is 68.7 Å². The number of pyridine rings is 1. The minimum absolute atomic E-state index is 0.0154. The molecule has 7 heteroatoms. The lowest BCUT2D eigenvalue weighted by atomic mass is 9.99. The maximum Gasteiger partial charge on any atom is 0.341 e. The number of halogens is 1. The Morgan fingerprint density at radius 3 is 2.36 bits per heavy atom. The molecular weight excluding hydrogens is 419 g/mol. The van der Waals surface area contributed by atoms with Crippen molar-refractivity contribution in [1.82, 2.24) is 9.88 Å². The summed E-state index contributed by atoms with van der Waals surface area (Å²) in [6.45, 7) is 7.74. The van der Waals surface area contributed by atoms with E-state index >= 15 is 0 Å². The van der Waals surface area contributed by atoms with E-state index in [9.17, 15) is 14.3 Å². The fourth-order valence-corrected chi connectivity index (χ4v) is 4.19. The van der Waals surface area contributed by atoms with Gasteiger partial charge in [0.05, 0.1) is 11.4 Å². The van der Waals surface area contributed by atoms with Gasteiger partial charge in [0.2, 0.25) is 0 Å². The molecular formula is C26H29FN4O2. The van der Waals surface area contributed by atoms with Crippen molar-refractivity contribution in [2.24, 2.45) is 0 Å². The zero-order valence-electron chi connectivity index (χ0n) is 19.0. The van der Waals surface area contributed by atoms with E-state index < -0.39 is 11.8 Å². The average Bonchev–Trinajstić information content (AvgIpc) is 2.81. The second kappa shape index (κ2) is 10.0. The molecule has 33 heavy (non-hydrogen) atoms. The minimum Gasteiger partial charge on any atom is -0.477 e.